The van der Waals surface area contributed by atoms with Crippen molar-refractivity contribution in [1.29, 1.82) is 0 Å². The summed E-state index contributed by atoms with van der Waals surface area (Å²) in [6.07, 6.45) is 0. The van der Waals surface area contributed by atoms with E-state index in [0.717, 1.165) is 22.5 Å². The van der Waals surface area contributed by atoms with Crippen LogP contribution in [0.4, 0.5) is 5.95 Å². The summed E-state index contributed by atoms with van der Waals surface area (Å²) < 4.78 is 0. The Morgan fingerprint density at radius 1 is 0.826 bits per heavy atom. The van der Waals surface area contributed by atoms with Crippen molar-refractivity contribution in [3.8, 4) is 11.1 Å². The summed E-state index contributed by atoms with van der Waals surface area (Å²) in [7, 11) is 0. The molecule has 3 aromatic rings. The van der Waals surface area contributed by atoms with E-state index < -0.39 is 0 Å². The van der Waals surface area contributed by atoms with Crippen molar-refractivity contribution in [1.82, 2.24) is 15.2 Å². The molecule has 0 atom stereocenters. The second kappa shape index (κ2) is 6.36. The number of hydrogen-bond donors (Lipinski definition) is 1. The Kier molecular flexibility index (Phi) is 4.10. The zero-order valence-electron chi connectivity index (χ0n) is 12.9. The number of hydrogen-bond acceptors (Lipinski definition) is 4. The average Bonchev–Trinajstić information content (AvgIpc) is 2.59. The Morgan fingerprint density at radius 3 is 2.13 bits per heavy atom. The first-order valence-electron chi connectivity index (χ1n) is 7.28. The number of aryl methyl sites for hydroxylation is 2. The molecule has 1 N–H and O–H groups in total. The van der Waals surface area contributed by atoms with E-state index in [4.69, 9.17) is 0 Å². The summed E-state index contributed by atoms with van der Waals surface area (Å²) in [5.41, 5.74) is 4.21. The topological polar surface area (TPSA) is 67.8 Å². The minimum Gasteiger partial charge on any atom is -0.289 e. The van der Waals surface area contributed by atoms with E-state index in [9.17, 15) is 4.79 Å². The van der Waals surface area contributed by atoms with Crippen molar-refractivity contribution in [2.75, 3.05) is 5.32 Å². The highest BCUT2D eigenvalue weighted by atomic mass is 16.1. The first-order valence-corrected chi connectivity index (χ1v) is 7.28. The van der Waals surface area contributed by atoms with Gasteiger partial charge >= 0.3 is 0 Å². The maximum Gasteiger partial charge on any atom is 0.258 e. The van der Waals surface area contributed by atoms with Gasteiger partial charge in [-0.15, -0.1) is 5.10 Å². The Morgan fingerprint density at radius 2 is 1.48 bits per heavy atom. The lowest BCUT2D eigenvalue weighted by atomic mass is 10.0. The van der Waals surface area contributed by atoms with Crippen LogP contribution in [0.1, 0.15) is 21.7 Å². The number of carbonyl (C=O) groups is 1. The van der Waals surface area contributed by atoms with Crippen LogP contribution in [-0.4, -0.2) is 21.1 Å². The summed E-state index contributed by atoms with van der Waals surface area (Å²) >= 11 is 0. The van der Waals surface area contributed by atoms with Gasteiger partial charge in [0.25, 0.3) is 5.91 Å². The van der Waals surface area contributed by atoms with E-state index in [0.29, 0.717) is 5.56 Å². The van der Waals surface area contributed by atoms with Crippen LogP contribution in [0.25, 0.3) is 11.1 Å². The van der Waals surface area contributed by atoms with Gasteiger partial charge in [0.05, 0.1) is 11.4 Å². The first-order chi connectivity index (χ1) is 11.1. The Bertz CT molecular complexity index is 829. The fourth-order valence-corrected chi connectivity index (χ4v) is 2.13. The molecular weight excluding hydrogens is 288 g/mol. The third-order valence-electron chi connectivity index (χ3n) is 3.57. The second-order valence-corrected chi connectivity index (χ2v) is 5.20. The molecule has 0 aliphatic rings. The molecule has 2 aromatic carbocycles. The highest BCUT2D eigenvalue weighted by Crippen LogP contribution is 2.19. The van der Waals surface area contributed by atoms with Crippen LogP contribution in [0.3, 0.4) is 0 Å². The number of nitrogens with one attached hydrogen (secondary N) is 1. The highest BCUT2D eigenvalue weighted by Gasteiger charge is 2.09. The van der Waals surface area contributed by atoms with Crippen molar-refractivity contribution < 1.29 is 4.79 Å². The third kappa shape index (κ3) is 3.40. The summed E-state index contributed by atoms with van der Waals surface area (Å²) in [6.45, 7) is 3.65. The Balaban J connectivity index is 1.76. The predicted octanol–water partition coefficient (Wildman–Crippen LogP) is 3.41. The molecule has 0 bridgehead atoms. The molecular formula is C18H16N4O. The summed E-state index contributed by atoms with van der Waals surface area (Å²) in [5.74, 6) is -0.0418. The first kappa shape index (κ1) is 14.8. The number of rotatable bonds is 3. The molecule has 0 spiro atoms. The van der Waals surface area contributed by atoms with Gasteiger partial charge in [0.2, 0.25) is 5.95 Å². The quantitative estimate of drug-likeness (QED) is 0.805. The van der Waals surface area contributed by atoms with Crippen molar-refractivity contribution in [2.24, 2.45) is 0 Å². The van der Waals surface area contributed by atoms with Crippen molar-refractivity contribution >= 4 is 11.9 Å². The van der Waals surface area contributed by atoms with Crippen molar-refractivity contribution in [2.45, 2.75) is 13.8 Å². The van der Waals surface area contributed by atoms with E-state index in [-0.39, 0.29) is 11.9 Å². The molecule has 0 aliphatic carbocycles. The van der Waals surface area contributed by atoms with Gasteiger partial charge in [-0.3, -0.25) is 10.1 Å². The van der Waals surface area contributed by atoms with Crippen LogP contribution < -0.4 is 5.32 Å². The molecule has 1 aromatic heterocycles. The van der Waals surface area contributed by atoms with Crippen LogP contribution in [0, 0.1) is 13.8 Å². The summed E-state index contributed by atoms with van der Waals surface area (Å²) in [4.78, 5) is 16.4. The van der Waals surface area contributed by atoms with Gasteiger partial charge in [0.1, 0.15) is 0 Å². The lowest BCUT2D eigenvalue weighted by molar-refractivity contribution is 0.102. The van der Waals surface area contributed by atoms with Gasteiger partial charge in [-0.1, -0.05) is 42.5 Å². The summed E-state index contributed by atoms with van der Waals surface area (Å²) in [5, 5.41) is 10.5. The number of aromatic nitrogens is 3. The van der Waals surface area contributed by atoms with Gasteiger partial charge in [-0.05, 0) is 37.1 Å². The maximum absolute atomic E-state index is 12.2. The largest absolute Gasteiger partial charge is 0.289 e. The van der Waals surface area contributed by atoms with E-state index in [1.54, 1.807) is 12.1 Å². The molecule has 1 heterocycles. The molecule has 1 amide bonds. The highest BCUT2D eigenvalue weighted by molar-refractivity contribution is 6.03. The van der Waals surface area contributed by atoms with Gasteiger partial charge in [0.15, 0.2) is 0 Å². The number of carbonyl (C=O) groups excluding carboxylic acids is 1. The van der Waals surface area contributed by atoms with Crippen LogP contribution in [0.15, 0.2) is 54.6 Å². The Hall–Kier alpha value is -3.08. The molecule has 0 saturated carbocycles. The van der Waals surface area contributed by atoms with E-state index in [1.807, 2.05) is 56.3 Å². The lowest BCUT2D eigenvalue weighted by Gasteiger charge is -2.06. The predicted molar refractivity (Wildman–Crippen MR) is 89.1 cm³/mol. The molecule has 5 nitrogen and oxygen atoms in total. The minimum atomic E-state index is -0.255. The van der Waals surface area contributed by atoms with Gasteiger partial charge in [0, 0.05) is 5.56 Å². The van der Waals surface area contributed by atoms with Gasteiger partial charge in [-0.2, -0.15) is 5.10 Å². The minimum absolute atomic E-state index is 0.213. The molecule has 0 saturated heterocycles. The lowest BCUT2D eigenvalue weighted by Crippen LogP contribution is -2.15. The zero-order valence-corrected chi connectivity index (χ0v) is 12.9. The van der Waals surface area contributed by atoms with Crippen LogP contribution in [0.5, 0.6) is 0 Å². The summed E-state index contributed by atoms with van der Waals surface area (Å²) in [6, 6.07) is 17.4. The van der Waals surface area contributed by atoms with Crippen LogP contribution >= 0.6 is 0 Å². The standard InChI is InChI=1S/C18H16N4O/c1-12-13(2)21-22-18(19-12)20-17(23)16-10-8-15(9-11-16)14-6-4-3-5-7-14/h3-11H,1-2H3,(H,19,20,22,23). The number of benzene rings is 2. The second-order valence-electron chi connectivity index (χ2n) is 5.20. The fraction of sp³-hybridized carbons (Fsp3) is 0.111. The molecule has 3 rings (SSSR count). The number of amides is 1. The molecule has 0 fully saturated rings. The molecule has 0 aliphatic heterocycles. The van der Waals surface area contributed by atoms with Gasteiger partial charge < -0.3 is 0 Å². The molecule has 23 heavy (non-hydrogen) atoms. The molecule has 0 radical (unpaired) electrons. The van der Waals surface area contributed by atoms with Crippen molar-refractivity contribution in [3.63, 3.8) is 0 Å². The molecule has 0 unspecified atom stereocenters. The van der Waals surface area contributed by atoms with E-state index in [2.05, 4.69) is 20.5 Å². The van der Waals surface area contributed by atoms with Crippen molar-refractivity contribution in [3.05, 3.63) is 71.5 Å². The monoisotopic (exact) mass is 304 g/mol. The van der Waals surface area contributed by atoms with E-state index in [1.165, 1.54) is 0 Å². The molecule has 114 valence electrons. The SMILES string of the molecule is Cc1nnc(NC(=O)c2ccc(-c3ccccc3)cc2)nc1C. The maximum atomic E-state index is 12.2. The molecule has 5 heteroatoms. The number of anilines is 1. The Labute approximate surface area is 134 Å². The average molecular weight is 304 g/mol. The van der Waals surface area contributed by atoms with Crippen LogP contribution in [0.2, 0.25) is 0 Å². The smallest absolute Gasteiger partial charge is 0.258 e. The fourth-order valence-electron chi connectivity index (χ4n) is 2.13. The number of nitrogens with zero attached hydrogens (tertiary/aromatic N) is 3. The van der Waals surface area contributed by atoms with Gasteiger partial charge in [-0.25, -0.2) is 4.98 Å². The van der Waals surface area contributed by atoms with Crippen LogP contribution in [-0.2, 0) is 0 Å². The third-order valence-corrected chi connectivity index (χ3v) is 3.57. The normalized spacial score (nSPS) is 10.3. The van der Waals surface area contributed by atoms with E-state index >= 15 is 0 Å². The zero-order chi connectivity index (χ0) is 16.2.